The summed E-state index contributed by atoms with van der Waals surface area (Å²) in [5, 5.41) is 0. The van der Waals surface area contributed by atoms with Crippen LogP contribution in [0.4, 0.5) is 0 Å². The van der Waals surface area contributed by atoms with Gasteiger partial charge in [-0.25, -0.2) is 4.98 Å². The average molecular weight is 446 g/mol. The molecule has 0 N–H and O–H groups in total. The van der Waals surface area contributed by atoms with Crippen LogP contribution in [0.1, 0.15) is 12.8 Å². The van der Waals surface area contributed by atoms with Gasteiger partial charge < -0.3 is 19.1 Å². The number of nitrogens with zero attached hydrogens (tertiary/aromatic N) is 3. The number of ether oxygens (including phenoxy) is 3. The maximum atomic E-state index is 5.85. The Morgan fingerprint density at radius 1 is 1.14 bits per heavy atom. The van der Waals surface area contributed by atoms with Crippen molar-refractivity contribution in [2.24, 2.45) is 0 Å². The van der Waals surface area contributed by atoms with E-state index in [4.69, 9.17) is 14.2 Å². The van der Waals surface area contributed by atoms with Crippen LogP contribution in [0.15, 0.2) is 70.9 Å². The fourth-order valence-electron chi connectivity index (χ4n) is 3.35. The first-order chi connectivity index (χ1) is 13.8. The van der Waals surface area contributed by atoms with Crippen LogP contribution in [-0.2, 0) is 9.47 Å². The van der Waals surface area contributed by atoms with E-state index >= 15 is 0 Å². The van der Waals surface area contributed by atoms with Gasteiger partial charge in [0, 0.05) is 38.9 Å². The lowest BCUT2D eigenvalue weighted by atomic mass is 10.0. The minimum Gasteiger partial charge on any atom is -0.489 e. The molecule has 0 atom stereocenters. The second-order valence-electron chi connectivity index (χ2n) is 6.80. The van der Waals surface area contributed by atoms with Crippen molar-refractivity contribution in [2.75, 3.05) is 39.3 Å². The van der Waals surface area contributed by atoms with E-state index < -0.39 is 0 Å². The molecule has 1 aromatic heterocycles. The Hall–Kier alpha value is -2.25. The van der Waals surface area contributed by atoms with Crippen LogP contribution in [0.5, 0.6) is 5.75 Å². The van der Waals surface area contributed by atoms with Crippen LogP contribution in [0, 0.1) is 0 Å². The lowest BCUT2D eigenvalue weighted by Gasteiger charge is -2.36. The predicted molar refractivity (Wildman–Crippen MR) is 110 cm³/mol. The van der Waals surface area contributed by atoms with Gasteiger partial charge in [-0.05, 0) is 46.5 Å². The molecule has 28 heavy (non-hydrogen) atoms. The number of hydrogen-bond acceptors (Lipinski definition) is 6. The van der Waals surface area contributed by atoms with Crippen LogP contribution in [0.2, 0.25) is 0 Å². The number of halogens is 1. The number of pyridine rings is 1. The van der Waals surface area contributed by atoms with Gasteiger partial charge in [-0.2, -0.15) is 0 Å². The van der Waals surface area contributed by atoms with E-state index in [-0.39, 0.29) is 0 Å². The molecule has 6 nitrogen and oxygen atoms in total. The third-order valence-electron chi connectivity index (χ3n) is 4.98. The zero-order valence-corrected chi connectivity index (χ0v) is 17.3. The molecule has 0 spiro atoms. The zero-order valence-electron chi connectivity index (χ0n) is 15.7. The summed E-state index contributed by atoms with van der Waals surface area (Å²) in [7, 11) is 0. The number of rotatable bonds is 6. The van der Waals surface area contributed by atoms with Crippen LogP contribution in [0.25, 0.3) is 0 Å². The quantitative estimate of drug-likeness (QED) is 0.620. The Bertz CT molecular complexity index is 811. The van der Waals surface area contributed by atoms with Crippen LogP contribution < -0.4 is 4.74 Å². The van der Waals surface area contributed by atoms with E-state index in [9.17, 15) is 0 Å². The predicted octanol–water partition coefficient (Wildman–Crippen LogP) is 3.80. The van der Waals surface area contributed by atoms with Gasteiger partial charge >= 0.3 is 0 Å². The maximum absolute atomic E-state index is 5.85. The number of piperazine rings is 1. The molecule has 0 amide bonds. The monoisotopic (exact) mass is 445 g/mol. The van der Waals surface area contributed by atoms with Crippen molar-refractivity contribution in [3.8, 4) is 5.75 Å². The van der Waals surface area contributed by atoms with Gasteiger partial charge in [0.25, 0.3) is 0 Å². The molecule has 148 valence electrons. The largest absolute Gasteiger partial charge is 0.489 e. The number of hydrogen-bond donors (Lipinski definition) is 0. The van der Waals surface area contributed by atoms with Crippen molar-refractivity contribution >= 4 is 15.9 Å². The van der Waals surface area contributed by atoms with Crippen molar-refractivity contribution in [1.29, 1.82) is 0 Å². The molecule has 2 aliphatic heterocycles. The SMILES string of the molecule is Brc1ncccc1OCCN1CCN(C2=COC(C3=CC=CCC3)=CO2)CC1. The molecule has 0 bridgehead atoms. The number of aromatic nitrogens is 1. The molecule has 7 heteroatoms. The Morgan fingerprint density at radius 2 is 2.04 bits per heavy atom. The van der Waals surface area contributed by atoms with E-state index in [1.165, 1.54) is 5.57 Å². The summed E-state index contributed by atoms with van der Waals surface area (Å²) < 4.78 is 18.2. The van der Waals surface area contributed by atoms with Crippen molar-refractivity contribution in [2.45, 2.75) is 12.8 Å². The molecule has 1 saturated heterocycles. The fourth-order valence-corrected chi connectivity index (χ4v) is 3.71. The van der Waals surface area contributed by atoms with Gasteiger partial charge in [-0.15, -0.1) is 0 Å². The highest BCUT2D eigenvalue weighted by Gasteiger charge is 2.22. The van der Waals surface area contributed by atoms with Crippen LogP contribution >= 0.6 is 15.9 Å². The summed E-state index contributed by atoms with van der Waals surface area (Å²) in [4.78, 5) is 8.78. The normalized spacial score (nSPS) is 19.9. The molecular formula is C21H24BrN3O3. The Kier molecular flexibility index (Phi) is 6.34. The van der Waals surface area contributed by atoms with Crippen molar-refractivity contribution in [3.63, 3.8) is 0 Å². The van der Waals surface area contributed by atoms with Crippen LogP contribution in [0.3, 0.4) is 0 Å². The van der Waals surface area contributed by atoms with E-state index in [0.29, 0.717) is 6.61 Å². The second kappa shape index (κ2) is 9.30. The highest BCUT2D eigenvalue weighted by Crippen LogP contribution is 2.26. The summed E-state index contributed by atoms with van der Waals surface area (Å²) >= 11 is 3.40. The van der Waals surface area contributed by atoms with Crippen molar-refractivity contribution in [1.82, 2.24) is 14.8 Å². The molecule has 3 aliphatic rings. The number of allylic oxidation sites excluding steroid dienone is 4. The molecule has 0 radical (unpaired) electrons. The van der Waals surface area contributed by atoms with Gasteiger partial charge in [-0.3, -0.25) is 4.90 Å². The second-order valence-corrected chi connectivity index (χ2v) is 7.55. The van der Waals surface area contributed by atoms with Crippen molar-refractivity contribution < 1.29 is 14.2 Å². The zero-order chi connectivity index (χ0) is 19.2. The first-order valence-electron chi connectivity index (χ1n) is 9.60. The first kappa shape index (κ1) is 19.1. The van der Waals surface area contributed by atoms with Gasteiger partial charge in [0.05, 0.1) is 0 Å². The molecule has 0 unspecified atom stereocenters. The summed E-state index contributed by atoms with van der Waals surface area (Å²) in [6, 6.07) is 3.80. The van der Waals surface area contributed by atoms with Gasteiger partial charge in [0.15, 0.2) is 17.8 Å². The highest BCUT2D eigenvalue weighted by atomic mass is 79.9. The van der Waals surface area contributed by atoms with Gasteiger partial charge in [0.2, 0.25) is 5.88 Å². The first-order valence-corrected chi connectivity index (χ1v) is 10.4. The Morgan fingerprint density at radius 3 is 2.75 bits per heavy atom. The van der Waals surface area contributed by atoms with Gasteiger partial charge in [-0.1, -0.05) is 18.2 Å². The average Bonchev–Trinajstić information content (AvgIpc) is 2.76. The lowest BCUT2D eigenvalue weighted by Crippen LogP contribution is -2.47. The third kappa shape index (κ3) is 4.77. The molecule has 1 aromatic rings. The minimum atomic E-state index is 0.641. The molecule has 3 heterocycles. The van der Waals surface area contributed by atoms with Gasteiger partial charge in [0.1, 0.15) is 17.5 Å². The Labute approximate surface area is 173 Å². The lowest BCUT2D eigenvalue weighted by molar-refractivity contribution is 0.0784. The topological polar surface area (TPSA) is 47.1 Å². The summed E-state index contributed by atoms with van der Waals surface area (Å²) in [6.07, 6.45) is 13.6. The third-order valence-corrected chi connectivity index (χ3v) is 5.57. The van der Waals surface area contributed by atoms with E-state index in [1.54, 1.807) is 18.7 Å². The summed E-state index contributed by atoms with van der Waals surface area (Å²) in [5.41, 5.74) is 1.18. The van der Waals surface area contributed by atoms with E-state index in [2.05, 4.69) is 48.9 Å². The Balaban J connectivity index is 1.19. The van der Waals surface area contributed by atoms with Crippen molar-refractivity contribution in [3.05, 3.63) is 70.9 Å². The minimum absolute atomic E-state index is 0.641. The standard InChI is InChI=1S/C21H24BrN3O3/c22-21-18(7-4-8-23-21)26-14-13-24-9-11-25(12-10-24)20-16-27-19(15-28-20)17-5-2-1-3-6-17/h1-2,4-5,7-8,15-16H,3,6,9-14H2. The van der Waals surface area contributed by atoms with E-state index in [0.717, 1.165) is 67.6 Å². The van der Waals surface area contributed by atoms with Crippen LogP contribution in [-0.4, -0.2) is 54.1 Å². The van der Waals surface area contributed by atoms with E-state index in [1.807, 2.05) is 12.1 Å². The molecule has 4 rings (SSSR count). The molecule has 0 saturated carbocycles. The smallest absolute Gasteiger partial charge is 0.231 e. The molecule has 1 fully saturated rings. The highest BCUT2D eigenvalue weighted by molar-refractivity contribution is 9.10. The summed E-state index contributed by atoms with van der Waals surface area (Å²) in [5.74, 6) is 2.38. The maximum Gasteiger partial charge on any atom is 0.231 e. The molecule has 0 aromatic carbocycles. The fraction of sp³-hybridized carbons (Fsp3) is 0.381. The summed E-state index contributed by atoms with van der Waals surface area (Å²) in [6.45, 7) is 5.26. The molecular weight excluding hydrogens is 422 g/mol. The molecule has 1 aliphatic carbocycles.